The van der Waals surface area contributed by atoms with E-state index in [1.165, 1.54) is 6.07 Å². The standard InChI is InChI=1S/C25H35BF2N4O3S/c1-17-20(15-32(30-17)18-13-29-31(14-18)16-33-11-12-36(6,7)8)19-9-10-21(23(28)22(19)27)26-34-24(2,3)25(4,5)35-26/h9-10,13-15H,11-12,16H2,1-8H3. The van der Waals surface area contributed by atoms with Crippen LogP contribution in [-0.2, 0) is 20.8 Å². The van der Waals surface area contributed by atoms with Crippen LogP contribution in [0.1, 0.15) is 33.4 Å². The van der Waals surface area contributed by atoms with Crippen molar-refractivity contribution in [2.45, 2.75) is 52.6 Å². The molecule has 3 aromatic rings. The fourth-order valence-corrected chi connectivity index (χ4v) is 4.41. The minimum absolute atomic E-state index is 0.0364. The molecule has 0 N–H and O–H groups in total. The molecule has 0 radical (unpaired) electrons. The van der Waals surface area contributed by atoms with Gasteiger partial charge in [-0.3, -0.25) is 0 Å². The van der Waals surface area contributed by atoms with Gasteiger partial charge in [0.05, 0.1) is 35.9 Å². The third-order valence-electron chi connectivity index (χ3n) is 6.76. The molecule has 2 aromatic heterocycles. The van der Waals surface area contributed by atoms with Crippen molar-refractivity contribution in [3.05, 3.63) is 48.1 Å². The maximum absolute atomic E-state index is 15.3. The second kappa shape index (κ2) is 9.59. The molecule has 0 spiro atoms. The van der Waals surface area contributed by atoms with Crippen molar-refractivity contribution in [1.82, 2.24) is 19.6 Å². The summed E-state index contributed by atoms with van der Waals surface area (Å²) in [7, 11) is -1.60. The average Bonchev–Trinajstić information content (AvgIpc) is 3.43. The zero-order valence-corrected chi connectivity index (χ0v) is 23.1. The molecule has 7 nitrogen and oxygen atoms in total. The van der Waals surface area contributed by atoms with E-state index in [1.807, 2.05) is 27.7 Å². The van der Waals surface area contributed by atoms with Crippen molar-refractivity contribution in [2.75, 3.05) is 31.1 Å². The zero-order chi connectivity index (χ0) is 26.5. The number of halogens is 2. The van der Waals surface area contributed by atoms with E-state index < -0.39 is 40.0 Å². The molecule has 0 amide bonds. The molecule has 1 saturated heterocycles. The van der Waals surface area contributed by atoms with Crippen molar-refractivity contribution in [3.63, 3.8) is 0 Å². The Balaban J connectivity index is 1.52. The topological polar surface area (TPSA) is 63.3 Å². The predicted molar refractivity (Wildman–Crippen MR) is 141 cm³/mol. The molecule has 4 rings (SSSR count). The Morgan fingerprint density at radius 1 is 1.00 bits per heavy atom. The highest BCUT2D eigenvalue weighted by Gasteiger charge is 2.52. The summed E-state index contributed by atoms with van der Waals surface area (Å²) in [6, 6.07) is 3.06. The number of aryl methyl sites for hydroxylation is 1. The average molecular weight is 520 g/mol. The second-order valence-electron chi connectivity index (χ2n) is 11.1. The van der Waals surface area contributed by atoms with Crippen LogP contribution in [0.5, 0.6) is 0 Å². The number of aromatic nitrogens is 4. The van der Waals surface area contributed by atoms with Crippen LogP contribution in [0.25, 0.3) is 16.8 Å². The van der Waals surface area contributed by atoms with Crippen molar-refractivity contribution in [3.8, 4) is 16.8 Å². The Bertz CT molecular complexity index is 1240. The van der Waals surface area contributed by atoms with Crippen LogP contribution in [0.2, 0.25) is 0 Å². The first kappa shape index (κ1) is 26.8. The Kier molecular flexibility index (Phi) is 7.15. The lowest BCUT2D eigenvalue weighted by Gasteiger charge is -2.32. The fourth-order valence-electron chi connectivity index (χ4n) is 3.79. The molecule has 196 valence electrons. The lowest BCUT2D eigenvalue weighted by Crippen LogP contribution is -2.41. The minimum atomic E-state index is -0.986. The highest BCUT2D eigenvalue weighted by molar-refractivity contribution is 8.32. The van der Waals surface area contributed by atoms with Crippen LogP contribution < -0.4 is 5.46 Å². The lowest BCUT2D eigenvalue weighted by atomic mass is 9.78. The van der Waals surface area contributed by atoms with Crippen LogP contribution in [0.4, 0.5) is 8.78 Å². The van der Waals surface area contributed by atoms with Gasteiger partial charge in [0.25, 0.3) is 0 Å². The van der Waals surface area contributed by atoms with Crippen LogP contribution in [0.15, 0.2) is 30.7 Å². The summed E-state index contributed by atoms with van der Waals surface area (Å²) in [5.41, 5.74) is 0.605. The fraction of sp³-hybridized carbons (Fsp3) is 0.520. The van der Waals surface area contributed by atoms with E-state index >= 15 is 8.78 Å². The number of ether oxygens (including phenoxy) is 1. The molecule has 1 fully saturated rings. The van der Waals surface area contributed by atoms with Gasteiger partial charge in [0.2, 0.25) is 0 Å². The van der Waals surface area contributed by atoms with Gasteiger partial charge in [0, 0.05) is 28.5 Å². The third-order valence-corrected chi connectivity index (χ3v) is 8.15. The second-order valence-corrected chi connectivity index (χ2v) is 15.7. The molecule has 1 aromatic carbocycles. The molecule has 0 saturated carbocycles. The number of hydrogen-bond donors (Lipinski definition) is 0. The van der Waals surface area contributed by atoms with E-state index in [0.717, 1.165) is 5.75 Å². The van der Waals surface area contributed by atoms with Gasteiger partial charge >= 0.3 is 7.12 Å². The van der Waals surface area contributed by atoms with Crippen molar-refractivity contribution in [2.24, 2.45) is 0 Å². The van der Waals surface area contributed by atoms with E-state index in [4.69, 9.17) is 14.0 Å². The molecule has 1 aliphatic heterocycles. The number of hydrogen-bond acceptors (Lipinski definition) is 5. The molecule has 36 heavy (non-hydrogen) atoms. The first-order chi connectivity index (χ1) is 16.7. The van der Waals surface area contributed by atoms with Gasteiger partial charge in [-0.1, -0.05) is 12.1 Å². The monoisotopic (exact) mass is 520 g/mol. The van der Waals surface area contributed by atoms with Crippen LogP contribution >= 0.6 is 10.0 Å². The first-order valence-electron chi connectivity index (χ1n) is 11.9. The summed E-state index contributed by atoms with van der Waals surface area (Å²) in [5, 5.41) is 8.82. The van der Waals surface area contributed by atoms with Crippen molar-refractivity contribution in [1.29, 1.82) is 0 Å². The van der Waals surface area contributed by atoms with Gasteiger partial charge in [0.15, 0.2) is 11.6 Å². The van der Waals surface area contributed by atoms with E-state index in [1.54, 1.807) is 40.9 Å². The largest absolute Gasteiger partial charge is 0.497 e. The third kappa shape index (κ3) is 5.39. The number of nitrogens with zero attached hydrogens (tertiary/aromatic N) is 4. The van der Waals surface area contributed by atoms with Crippen LogP contribution in [0, 0.1) is 18.6 Å². The zero-order valence-electron chi connectivity index (χ0n) is 22.3. The Labute approximate surface area is 213 Å². The highest BCUT2D eigenvalue weighted by atomic mass is 32.3. The number of benzene rings is 1. The minimum Gasteiger partial charge on any atom is -0.399 e. The highest BCUT2D eigenvalue weighted by Crippen LogP contribution is 2.37. The molecule has 11 heteroatoms. The predicted octanol–water partition coefficient (Wildman–Crippen LogP) is 4.29. The van der Waals surface area contributed by atoms with Crippen molar-refractivity contribution >= 4 is 22.6 Å². The van der Waals surface area contributed by atoms with Gasteiger partial charge < -0.3 is 14.0 Å². The summed E-state index contributed by atoms with van der Waals surface area (Å²) in [4.78, 5) is 0. The normalized spacial score (nSPS) is 17.7. The molecular formula is C25H35BF2N4O3S. The van der Waals surface area contributed by atoms with Crippen LogP contribution in [-0.4, -0.2) is 69.0 Å². The summed E-state index contributed by atoms with van der Waals surface area (Å²) in [6.45, 7) is 10.2. The Morgan fingerprint density at radius 2 is 1.67 bits per heavy atom. The van der Waals surface area contributed by atoms with Gasteiger partial charge in [-0.15, -0.1) is 0 Å². The molecule has 1 aliphatic rings. The maximum Gasteiger partial charge on any atom is 0.497 e. The van der Waals surface area contributed by atoms with Crippen LogP contribution in [0.3, 0.4) is 0 Å². The van der Waals surface area contributed by atoms with Gasteiger partial charge in [-0.25, -0.2) is 28.2 Å². The summed E-state index contributed by atoms with van der Waals surface area (Å²) >= 11 is 0. The maximum atomic E-state index is 15.3. The summed E-state index contributed by atoms with van der Waals surface area (Å²) < 4.78 is 51.3. The number of rotatable bonds is 8. The Morgan fingerprint density at radius 3 is 2.31 bits per heavy atom. The molecular weight excluding hydrogens is 485 g/mol. The Hall–Kier alpha value is -2.21. The van der Waals surface area contributed by atoms with E-state index in [9.17, 15) is 0 Å². The quantitative estimate of drug-likeness (QED) is 0.328. The molecule has 0 atom stereocenters. The smallest absolute Gasteiger partial charge is 0.399 e. The van der Waals surface area contributed by atoms with E-state index in [-0.39, 0.29) is 11.0 Å². The van der Waals surface area contributed by atoms with Gasteiger partial charge in [0.1, 0.15) is 12.4 Å². The van der Waals surface area contributed by atoms with Gasteiger partial charge in [-0.2, -0.15) is 10.2 Å². The molecule has 0 aliphatic carbocycles. The summed E-state index contributed by atoms with van der Waals surface area (Å²) in [6.07, 6.45) is 11.9. The summed E-state index contributed by atoms with van der Waals surface area (Å²) in [5.74, 6) is -0.923. The molecule has 3 heterocycles. The molecule has 0 unspecified atom stereocenters. The molecule has 0 bridgehead atoms. The van der Waals surface area contributed by atoms with E-state index in [0.29, 0.717) is 30.3 Å². The SMILES string of the molecule is Cc1nn(-c2cnn(COCCS(C)(C)C)c2)cc1-c1ccc(B2OC(C)(C)C(C)(C)O2)c(F)c1F. The van der Waals surface area contributed by atoms with Gasteiger partial charge in [-0.05, 0) is 53.4 Å². The van der Waals surface area contributed by atoms with Crippen molar-refractivity contribution < 1.29 is 22.8 Å². The van der Waals surface area contributed by atoms with E-state index in [2.05, 4.69) is 29.0 Å². The lowest BCUT2D eigenvalue weighted by molar-refractivity contribution is 0.00578. The first-order valence-corrected chi connectivity index (χ1v) is 14.9.